The topological polar surface area (TPSA) is 35.4 Å². The van der Waals surface area contributed by atoms with Crippen LogP contribution in [0.5, 0.6) is 0 Å². The van der Waals surface area contributed by atoms with Crippen molar-refractivity contribution in [3.8, 4) is 0 Å². The fraction of sp³-hybridized carbons (Fsp3) is 0.714. The Labute approximate surface area is 110 Å². The fourth-order valence-corrected chi connectivity index (χ4v) is 1.71. The molecule has 0 saturated heterocycles. The minimum absolute atomic E-state index is 0.513. The zero-order valence-corrected chi connectivity index (χ0v) is 11.8. The average Bonchev–Trinajstić information content (AvgIpc) is 2.78. The highest BCUT2D eigenvalue weighted by atomic mass is 16.5. The van der Waals surface area contributed by atoms with Crippen LogP contribution in [0.25, 0.3) is 0 Å². The zero-order valence-electron chi connectivity index (χ0n) is 11.8. The van der Waals surface area contributed by atoms with E-state index < -0.39 is 0 Å². The van der Waals surface area contributed by atoms with E-state index in [9.17, 15) is 0 Å². The number of rotatable bonds is 10. The van der Waals surface area contributed by atoms with Gasteiger partial charge in [0.2, 0.25) is 0 Å². The van der Waals surface area contributed by atoms with E-state index in [1.165, 1.54) is 5.69 Å². The molecule has 0 atom stereocenters. The molecule has 1 rings (SSSR count). The first-order chi connectivity index (χ1) is 8.74. The number of nitrogens with zero attached hydrogens (tertiary/aromatic N) is 1. The smallest absolute Gasteiger partial charge is 0.0645 e. The Hall–Kier alpha value is -0.840. The molecule has 104 valence electrons. The molecule has 0 fully saturated rings. The maximum atomic E-state index is 5.57. The van der Waals surface area contributed by atoms with Crippen molar-refractivity contribution in [1.82, 2.24) is 9.88 Å². The van der Waals surface area contributed by atoms with Gasteiger partial charge in [-0.15, -0.1) is 0 Å². The molecule has 0 radical (unpaired) electrons. The summed E-state index contributed by atoms with van der Waals surface area (Å²) in [5, 5.41) is 3.43. The Bertz CT molecular complexity index is 310. The number of methoxy groups -OCH3 is 1. The normalized spacial score (nSPS) is 11.3. The fourth-order valence-electron chi connectivity index (χ4n) is 1.71. The summed E-state index contributed by atoms with van der Waals surface area (Å²) in [6.45, 7) is 8.44. The summed E-state index contributed by atoms with van der Waals surface area (Å²) in [6.07, 6.45) is 3.07. The Kier molecular flexibility index (Phi) is 7.73. The van der Waals surface area contributed by atoms with Gasteiger partial charge < -0.3 is 19.4 Å². The van der Waals surface area contributed by atoms with Gasteiger partial charge >= 0.3 is 0 Å². The van der Waals surface area contributed by atoms with Crippen LogP contribution in [0.3, 0.4) is 0 Å². The second-order valence-electron chi connectivity index (χ2n) is 4.69. The lowest BCUT2D eigenvalue weighted by Crippen LogP contribution is -2.23. The van der Waals surface area contributed by atoms with E-state index in [0.29, 0.717) is 6.04 Å². The molecule has 0 aliphatic heterocycles. The summed E-state index contributed by atoms with van der Waals surface area (Å²) in [4.78, 5) is 0. The van der Waals surface area contributed by atoms with Crippen molar-refractivity contribution >= 4 is 0 Å². The lowest BCUT2D eigenvalue weighted by Gasteiger charge is -2.12. The van der Waals surface area contributed by atoms with E-state index in [0.717, 1.165) is 39.3 Å². The van der Waals surface area contributed by atoms with E-state index in [4.69, 9.17) is 9.47 Å². The monoisotopic (exact) mass is 254 g/mol. The van der Waals surface area contributed by atoms with Crippen LogP contribution in [-0.4, -0.2) is 37.5 Å². The van der Waals surface area contributed by atoms with Crippen molar-refractivity contribution < 1.29 is 9.47 Å². The van der Waals surface area contributed by atoms with Gasteiger partial charge in [0.05, 0.1) is 6.61 Å². The van der Waals surface area contributed by atoms with E-state index in [-0.39, 0.29) is 0 Å². The predicted octanol–water partition coefficient (Wildman–Crippen LogP) is 2.04. The first kappa shape index (κ1) is 15.2. The average molecular weight is 254 g/mol. The highest BCUT2D eigenvalue weighted by Crippen LogP contribution is 2.02. The van der Waals surface area contributed by atoms with Gasteiger partial charge in [-0.2, -0.15) is 0 Å². The van der Waals surface area contributed by atoms with Crippen LogP contribution >= 0.6 is 0 Å². The Morgan fingerprint density at radius 2 is 2.11 bits per heavy atom. The third-order valence-electron chi connectivity index (χ3n) is 2.73. The molecule has 0 amide bonds. The van der Waals surface area contributed by atoms with Gasteiger partial charge in [0, 0.05) is 51.3 Å². The van der Waals surface area contributed by atoms with Crippen molar-refractivity contribution in [1.29, 1.82) is 0 Å². The van der Waals surface area contributed by atoms with Crippen molar-refractivity contribution in [3.05, 3.63) is 24.0 Å². The summed E-state index contributed by atoms with van der Waals surface area (Å²) >= 11 is 0. The highest BCUT2D eigenvalue weighted by molar-refractivity contribution is 5.06. The van der Waals surface area contributed by atoms with E-state index in [1.54, 1.807) is 7.11 Å². The quantitative estimate of drug-likeness (QED) is 0.649. The van der Waals surface area contributed by atoms with E-state index in [1.807, 2.05) is 0 Å². The van der Waals surface area contributed by atoms with Crippen molar-refractivity contribution in [3.63, 3.8) is 0 Å². The van der Waals surface area contributed by atoms with E-state index in [2.05, 4.69) is 42.1 Å². The molecular formula is C14H26N2O2. The van der Waals surface area contributed by atoms with Crippen molar-refractivity contribution in [2.75, 3.05) is 26.9 Å². The first-order valence-electron chi connectivity index (χ1n) is 6.68. The number of nitrogens with one attached hydrogen (secondary N) is 1. The number of aromatic nitrogens is 1. The molecule has 0 aromatic carbocycles. The largest absolute Gasteiger partial charge is 0.385 e. The predicted molar refractivity (Wildman–Crippen MR) is 73.7 cm³/mol. The van der Waals surface area contributed by atoms with Gasteiger partial charge in [-0.25, -0.2) is 0 Å². The molecule has 4 heteroatoms. The van der Waals surface area contributed by atoms with Crippen LogP contribution in [0, 0.1) is 0 Å². The van der Waals surface area contributed by atoms with Crippen LogP contribution in [-0.2, 0) is 22.6 Å². The number of ether oxygens (including phenoxy) is 2. The summed E-state index contributed by atoms with van der Waals surface area (Å²) in [5.74, 6) is 0. The summed E-state index contributed by atoms with van der Waals surface area (Å²) in [5.41, 5.74) is 1.31. The second kappa shape index (κ2) is 9.14. The molecule has 0 bridgehead atoms. The molecular weight excluding hydrogens is 228 g/mol. The molecule has 18 heavy (non-hydrogen) atoms. The van der Waals surface area contributed by atoms with Crippen LogP contribution in [0.15, 0.2) is 18.3 Å². The molecule has 1 aromatic heterocycles. The van der Waals surface area contributed by atoms with Crippen LogP contribution < -0.4 is 5.32 Å². The molecule has 0 saturated carbocycles. The molecule has 1 heterocycles. The Morgan fingerprint density at radius 3 is 2.83 bits per heavy atom. The Balaban J connectivity index is 2.19. The standard InChI is InChI=1S/C14H26N2O2/c1-13(2)15-12-14-6-4-7-16(14)8-11-18-10-5-9-17-3/h4,6-7,13,15H,5,8-12H2,1-3H3. The number of hydrogen-bond acceptors (Lipinski definition) is 3. The third-order valence-corrected chi connectivity index (χ3v) is 2.73. The second-order valence-corrected chi connectivity index (χ2v) is 4.69. The molecule has 0 spiro atoms. The molecule has 4 nitrogen and oxygen atoms in total. The molecule has 1 N–H and O–H groups in total. The lowest BCUT2D eigenvalue weighted by atomic mass is 10.3. The third kappa shape index (κ3) is 6.19. The number of hydrogen-bond donors (Lipinski definition) is 1. The van der Waals surface area contributed by atoms with Crippen molar-refractivity contribution in [2.24, 2.45) is 0 Å². The van der Waals surface area contributed by atoms with Gasteiger partial charge in [-0.3, -0.25) is 0 Å². The maximum absolute atomic E-state index is 5.57. The maximum Gasteiger partial charge on any atom is 0.0645 e. The zero-order chi connectivity index (χ0) is 13.2. The van der Waals surface area contributed by atoms with Gasteiger partial charge in [0.25, 0.3) is 0 Å². The van der Waals surface area contributed by atoms with Gasteiger partial charge in [0.15, 0.2) is 0 Å². The molecule has 0 aliphatic carbocycles. The summed E-state index contributed by atoms with van der Waals surface area (Å²) in [7, 11) is 1.72. The molecule has 0 unspecified atom stereocenters. The highest BCUT2D eigenvalue weighted by Gasteiger charge is 2.01. The Morgan fingerprint density at radius 1 is 1.28 bits per heavy atom. The summed E-state index contributed by atoms with van der Waals surface area (Å²) in [6, 6.07) is 4.75. The minimum Gasteiger partial charge on any atom is -0.385 e. The van der Waals surface area contributed by atoms with Gasteiger partial charge in [-0.05, 0) is 18.6 Å². The first-order valence-corrected chi connectivity index (χ1v) is 6.68. The van der Waals surface area contributed by atoms with Crippen LogP contribution in [0.2, 0.25) is 0 Å². The van der Waals surface area contributed by atoms with Crippen LogP contribution in [0.1, 0.15) is 26.0 Å². The SMILES string of the molecule is COCCCOCCn1cccc1CNC(C)C. The summed E-state index contributed by atoms with van der Waals surface area (Å²) < 4.78 is 12.8. The van der Waals surface area contributed by atoms with Crippen molar-refractivity contribution in [2.45, 2.75) is 39.4 Å². The van der Waals surface area contributed by atoms with Gasteiger partial charge in [-0.1, -0.05) is 13.8 Å². The molecule has 0 aliphatic rings. The minimum atomic E-state index is 0.513. The van der Waals surface area contributed by atoms with Crippen LogP contribution in [0.4, 0.5) is 0 Å². The van der Waals surface area contributed by atoms with Gasteiger partial charge in [0.1, 0.15) is 0 Å². The molecule has 1 aromatic rings. The van der Waals surface area contributed by atoms with E-state index >= 15 is 0 Å². The lowest BCUT2D eigenvalue weighted by molar-refractivity contribution is 0.0973.